The van der Waals surface area contributed by atoms with Gasteiger partial charge in [0.2, 0.25) is 0 Å². The van der Waals surface area contributed by atoms with E-state index in [0.717, 1.165) is 50.3 Å². The predicted molar refractivity (Wildman–Crippen MR) is 126 cm³/mol. The fourth-order valence-corrected chi connectivity index (χ4v) is 7.72. The van der Waals surface area contributed by atoms with Gasteiger partial charge in [0.1, 0.15) is 0 Å². The number of piperidine rings is 1. The minimum absolute atomic E-state index is 0.195. The Labute approximate surface area is 196 Å². The highest BCUT2D eigenvalue weighted by molar-refractivity contribution is 5.94. The molecule has 5 heteroatoms. The van der Waals surface area contributed by atoms with Crippen LogP contribution in [0.25, 0.3) is 0 Å². The lowest BCUT2D eigenvalue weighted by molar-refractivity contribution is -0.229. The second kappa shape index (κ2) is 7.31. The molecule has 0 amide bonds. The van der Waals surface area contributed by atoms with Crippen LogP contribution in [0.5, 0.6) is 11.5 Å². The zero-order valence-electron chi connectivity index (χ0n) is 19.9. The molecule has 0 N–H and O–H groups in total. The van der Waals surface area contributed by atoms with E-state index in [2.05, 4.69) is 48.2 Å². The van der Waals surface area contributed by atoms with Gasteiger partial charge in [0.25, 0.3) is 0 Å². The van der Waals surface area contributed by atoms with Crippen LogP contribution < -0.4 is 9.47 Å². The molecule has 4 aliphatic rings. The smallest absolute Gasteiger partial charge is 0.177 e. The fraction of sp³-hybridized carbons (Fsp3) is 0.536. The number of likely N-dealkylation sites (tertiary alicyclic amines) is 1. The van der Waals surface area contributed by atoms with Crippen molar-refractivity contribution in [3.05, 3.63) is 59.2 Å². The summed E-state index contributed by atoms with van der Waals surface area (Å²) in [5, 5.41) is 0. The molecule has 0 radical (unpaired) electrons. The maximum absolute atomic E-state index is 13.5. The maximum Gasteiger partial charge on any atom is 0.177 e. The molecule has 1 saturated heterocycles. The van der Waals surface area contributed by atoms with Crippen LogP contribution >= 0.6 is 0 Å². The van der Waals surface area contributed by atoms with Gasteiger partial charge >= 0.3 is 0 Å². The van der Waals surface area contributed by atoms with Crippen LogP contribution in [0.15, 0.2) is 42.5 Å². The summed E-state index contributed by atoms with van der Waals surface area (Å²) in [5.41, 5.74) is 2.00. The summed E-state index contributed by atoms with van der Waals surface area (Å²) in [7, 11) is 1.68. The Balaban J connectivity index is 1.50. The number of methoxy groups -OCH3 is 1. The molecule has 2 aromatic rings. The number of benzene rings is 2. The van der Waals surface area contributed by atoms with Crippen LogP contribution in [0, 0.1) is 0 Å². The van der Waals surface area contributed by atoms with Gasteiger partial charge in [-0.05, 0) is 63.3 Å². The zero-order valence-corrected chi connectivity index (χ0v) is 19.9. The van der Waals surface area contributed by atoms with Crippen molar-refractivity contribution in [1.29, 1.82) is 0 Å². The van der Waals surface area contributed by atoms with E-state index < -0.39 is 16.6 Å². The predicted octanol–water partition coefficient (Wildman–Crippen LogP) is 4.10. The zero-order chi connectivity index (χ0) is 22.8. The monoisotopic (exact) mass is 447 g/mol. The first kappa shape index (κ1) is 21.2. The van der Waals surface area contributed by atoms with Crippen molar-refractivity contribution in [3.63, 3.8) is 0 Å². The quantitative estimate of drug-likeness (QED) is 0.667. The van der Waals surface area contributed by atoms with E-state index in [9.17, 15) is 4.79 Å². The number of ether oxygens (including phenoxy) is 3. The minimum Gasteiger partial charge on any atom is -0.493 e. The first-order valence-electron chi connectivity index (χ1n) is 12.4. The molecule has 1 saturated carbocycles. The Morgan fingerprint density at radius 1 is 1.15 bits per heavy atom. The molecule has 2 aliphatic carbocycles. The molecule has 6 rings (SSSR count). The van der Waals surface area contributed by atoms with E-state index in [1.54, 1.807) is 7.11 Å². The van der Waals surface area contributed by atoms with Gasteiger partial charge in [-0.3, -0.25) is 9.69 Å². The number of carbonyl (C=O) groups excluding carboxylic acids is 1. The molecule has 2 bridgehead atoms. The molecule has 2 heterocycles. The van der Waals surface area contributed by atoms with Crippen molar-refractivity contribution < 1.29 is 19.0 Å². The van der Waals surface area contributed by atoms with Gasteiger partial charge in [0.15, 0.2) is 22.9 Å². The Morgan fingerprint density at radius 3 is 2.73 bits per heavy atom. The molecule has 1 unspecified atom stereocenters. The van der Waals surface area contributed by atoms with E-state index >= 15 is 0 Å². The molecule has 33 heavy (non-hydrogen) atoms. The SMILES string of the molecule is CCO[C@@]12CCC(=O)C3(C)Oc4c(OC)ccc5c4[C@@]31CCN(CCc1ccccc1)[C@@H]2C5. The second-order valence-corrected chi connectivity index (χ2v) is 10.2. The van der Waals surface area contributed by atoms with Crippen molar-refractivity contribution in [2.45, 2.75) is 68.6 Å². The van der Waals surface area contributed by atoms with E-state index in [0.29, 0.717) is 13.0 Å². The number of nitrogens with zero attached hydrogens (tertiary/aromatic N) is 1. The summed E-state index contributed by atoms with van der Waals surface area (Å²) in [6, 6.07) is 15.1. The largest absolute Gasteiger partial charge is 0.493 e. The van der Waals surface area contributed by atoms with E-state index in [-0.39, 0.29) is 11.8 Å². The van der Waals surface area contributed by atoms with E-state index in [1.165, 1.54) is 16.7 Å². The van der Waals surface area contributed by atoms with Gasteiger partial charge in [-0.15, -0.1) is 0 Å². The molecule has 4 atom stereocenters. The van der Waals surface area contributed by atoms with Crippen LogP contribution in [0.2, 0.25) is 0 Å². The highest BCUT2D eigenvalue weighted by Gasteiger charge is 2.78. The second-order valence-electron chi connectivity index (χ2n) is 10.2. The first-order valence-corrected chi connectivity index (χ1v) is 12.4. The third-order valence-electron chi connectivity index (χ3n) is 9.05. The molecule has 0 aromatic heterocycles. The van der Waals surface area contributed by atoms with E-state index in [1.807, 2.05) is 13.0 Å². The van der Waals surface area contributed by atoms with Crippen molar-refractivity contribution in [3.8, 4) is 11.5 Å². The average molecular weight is 448 g/mol. The number of Topliss-reactive ketones (excluding diaryl/α,β-unsaturated/α-hetero) is 1. The summed E-state index contributed by atoms with van der Waals surface area (Å²) in [6.07, 6.45) is 4.03. The van der Waals surface area contributed by atoms with Crippen LogP contribution in [0.3, 0.4) is 0 Å². The van der Waals surface area contributed by atoms with Crippen LogP contribution in [0.4, 0.5) is 0 Å². The Kier molecular flexibility index (Phi) is 4.69. The molecular weight excluding hydrogens is 414 g/mol. The fourth-order valence-electron chi connectivity index (χ4n) is 7.72. The Morgan fingerprint density at radius 2 is 1.97 bits per heavy atom. The lowest BCUT2D eigenvalue weighted by Crippen LogP contribution is -2.80. The lowest BCUT2D eigenvalue weighted by atomic mass is 9.45. The molecule has 2 fully saturated rings. The number of hydrogen-bond acceptors (Lipinski definition) is 5. The number of carbonyl (C=O) groups is 1. The molecule has 2 aliphatic heterocycles. The maximum atomic E-state index is 13.5. The summed E-state index contributed by atoms with van der Waals surface area (Å²) in [5.74, 6) is 1.69. The molecule has 5 nitrogen and oxygen atoms in total. The van der Waals surface area contributed by atoms with Gasteiger partial charge in [-0.25, -0.2) is 0 Å². The average Bonchev–Trinajstić information content (AvgIpc) is 3.11. The molecule has 1 spiro atoms. The van der Waals surface area contributed by atoms with Crippen molar-refractivity contribution in [2.75, 3.05) is 26.8 Å². The summed E-state index contributed by atoms with van der Waals surface area (Å²) >= 11 is 0. The highest BCUT2D eigenvalue weighted by atomic mass is 16.5. The number of hydrogen-bond donors (Lipinski definition) is 0. The van der Waals surface area contributed by atoms with E-state index in [4.69, 9.17) is 14.2 Å². The Bertz CT molecular complexity index is 1100. The Hall–Kier alpha value is -2.37. The number of ketones is 1. The standard InChI is InChI=1S/C28H33NO4/c1-4-32-28-14-12-23(30)26(2)27(28)15-17-29(16-13-19-8-6-5-7-9-19)22(28)18-20-10-11-21(31-3)25(33-26)24(20)27/h5-11,22H,4,12-18H2,1-3H3/t22-,26?,27+,28-/m1/s1. The summed E-state index contributed by atoms with van der Waals surface area (Å²) in [6.45, 7) is 6.66. The molecular formula is C28H33NO4. The van der Waals surface area contributed by atoms with Gasteiger partial charge in [0, 0.05) is 31.2 Å². The van der Waals surface area contributed by atoms with Gasteiger partial charge < -0.3 is 14.2 Å². The summed E-state index contributed by atoms with van der Waals surface area (Å²) < 4.78 is 19.2. The first-order chi connectivity index (χ1) is 16.0. The van der Waals surface area contributed by atoms with Crippen LogP contribution in [-0.4, -0.2) is 54.7 Å². The van der Waals surface area contributed by atoms with Crippen molar-refractivity contribution in [2.24, 2.45) is 0 Å². The highest BCUT2D eigenvalue weighted by Crippen LogP contribution is 2.69. The topological polar surface area (TPSA) is 48.0 Å². The number of rotatable bonds is 6. The molecule has 174 valence electrons. The summed E-state index contributed by atoms with van der Waals surface area (Å²) in [4.78, 5) is 16.2. The normalized spacial score (nSPS) is 34.0. The third-order valence-corrected chi connectivity index (χ3v) is 9.05. The third kappa shape index (κ3) is 2.53. The van der Waals surface area contributed by atoms with Crippen LogP contribution in [-0.2, 0) is 27.8 Å². The molecule has 2 aromatic carbocycles. The van der Waals surface area contributed by atoms with Gasteiger partial charge in [-0.2, -0.15) is 0 Å². The van der Waals surface area contributed by atoms with Gasteiger partial charge in [0.05, 0.1) is 18.1 Å². The van der Waals surface area contributed by atoms with Crippen LogP contribution in [0.1, 0.15) is 49.8 Å². The van der Waals surface area contributed by atoms with Crippen molar-refractivity contribution >= 4 is 5.78 Å². The minimum atomic E-state index is -0.920. The lowest BCUT2D eigenvalue weighted by Gasteiger charge is -2.66. The van der Waals surface area contributed by atoms with Gasteiger partial charge in [-0.1, -0.05) is 36.4 Å². The van der Waals surface area contributed by atoms with Crippen molar-refractivity contribution in [1.82, 2.24) is 4.90 Å².